The first-order valence-electron chi connectivity index (χ1n) is 32.1. The Morgan fingerprint density at radius 1 is 0.613 bits per heavy atom. The van der Waals surface area contributed by atoms with Crippen molar-refractivity contribution in [1.29, 1.82) is 0 Å². The van der Waals surface area contributed by atoms with Crippen molar-refractivity contribution in [2.75, 3.05) is 53.0 Å². The average Bonchev–Trinajstić information content (AvgIpc) is 0.812. The van der Waals surface area contributed by atoms with Gasteiger partial charge < -0.3 is 135 Å². The quantitative estimate of drug-likeness (QED) is 0.0971. The van der Waals surface area contributed by atoms with E-state index in [1.807, 2.05) is 18.9 Å². The molecule has 93 heavy (non-hydrogen) atoms. The zero-order valence-electron chi connectivity index (χ0n) is 53.4. The van der Waals surface area contributed by atoms with E-state index < -0.39 is 221 Å². The van der Waals surface area contributed by atoms with Crippen molar-refractivity contribution in [2.24, 2.45) is 17.8 Å². The number of ether oxygens (including phenoxy) is 7. The second-order valence-electron chi connectivity index (χ2n) is 25.7. The van der Waals surface area contributed by atoms with Gasteiger partial charge in [0.15, 0.2) is 18.4 Å². The third kappa shape index (κ3) is 22.3. The molecule has 0 radical (unpaired) electrons. The van der Waals surface area contributed by atoms with Crippen LogP contribution in [0.5, 0.6) is 0 Å². The van der Waals surface area contributed by atoms with E-state index in [0.29, 0.717) is 13.1 Å². The number of nitrogens with zero attached hydrogens (tertiary/aromatic N) is 2. The molecule has 6 aliphatic rings. The van der Waals surface area contributed by atoms with Gasteiger partial charge in [0.25, 0.3) is 0 Å². The normalized spacial score (nSPS) is 44.2. The van der Waals surface area contributed by atoms with Crippen LogP contribution in [0.1, 0.15) is 79.1 Å². The molecular formula is C64H103N3O26. The first-order chi connectivity index (χ1) is 44.0. The molecule has 28 atom stereocenters. The molecule has 0 aliphatic carbocycles. The maximum atomic E-state index is 14.6. The Kier molecular flexibility index (Phi) is 30.8. The second-order valence-corrected chi connectivity index (χ2v) is 25.7. The summed E-state index contributed by atoms with van der Waals surface area (Å²) in [6.45, 7) is 5.89. The van der Waals surface area contributed by atoms with Crippen molar-refractivity contribution < 1.29 is 130 Å². The topological polar surface area (TPSA) is 461 Å². The Hall–Kier alpha value is -3.88. The molecule has 18 N–H and O–H groups in total. The number of aliphatic hydroxyl groups is 17. The molecule has 6 aliphatic heterocycles. The van der Waals surface area contributed by atoms with Gasteiger partial charge in [-0.2, -0.15) is 0 Å². The molecule has 6 heterocycles. The molecule has 2 bridgehead atoms. The number of cyclic esters (lactones) is 1. The number of aliphatic hydroxyl groups excluding tert-OH is 15. The van der Waals surface area contributed by atoms with Crippen molar-refractivity contribution in [1.82, 2.24) is 15.1 Å². The molecule has 0 aromatic rings. The molecule has 29 heteroatoms. The molecule has 29 nitrogen and oxygen atoms in total. The van der Waals surface area contributed by atoms with Crippen LogP contribution in [0.15, 0.2) is 85.1 Å². The van der Waals surface area contributed by atoms with Crippen LogP contribution < -0.4 is 5.32 Å². The first-order valence-corrected chi connectivity index (χ1v) is 32.1. The lowest BCUT2D eigenvalue weighted by molar-refractivity contribution is -0.368. The van der Waals surface area contributed by atoms with E-state index in [4.69, 9.17) is 33.2 Å². The van der Waals surface area contributed by atoms with Gasteiger partial charge in [-0.3, -0.25) is 9.59 Å². The monoisotopic (exact) mass is 1330 g/mol. The number of esters is 1. The van der Waals surface area contributed by atoms with Gasteiger partial charge in [-0.1, -0.05) is 98.9 Å². The van der Waals surface area contributed by atoms with Gasteiger partial charge in [0.1, 0.15) is 54.9 Å². The van der Waals surface area contributed by atoms with E-state index >= 15 is 0 Å². The Morgan fingerprint density at radius 3 is 1.84 bits per heavy atom. The highest BCUT2D eigenvalue weighted by Crippen LogP contribution is 2.40. The van der Waals surface area contributed by atoms with Crippen molar-refractivity contribution >= 4 is 11.9 Å². The fraction of sp³-hybridized carbons (Fsp3) is 0.750. The second kappa shape index (κ2) is 36.6. The highest BCUT2D eigenvalue weighted by Gasteiger charge is 2.56. The number of carbonyl (C=O) groups is 2. The minimum Gasteiger partial charge on any atom is -0.462 e. The van der Waals surface area contributed by atoms with Gasteiger partial charge in [0.2, 0.25) is 11.7 Å². The maximum absolute atomic E-state index is 14.6. The summed E-state index contributed by atoms with van der Waals surface area (Å²) in [5.41, 5.74) is 0. The number of likely N-dealkylation sites (N-methyl/N-ethyl adjacent to an activating group) is 1. The molecule has 0 aromatic carbocycles. The Labute approximate surface area is 542 Å². The number of rotatable bonds is 9. The van der Waals surface area contributed by atoms with Crippen molar-refractivity contribution in [3.63, 3.8) is 0 Å². The molecule has 5 fully saturated rings. The van der Waals surface area contributed by atoms with E-state index in [1.54, 1.807) is 97.7 Å². The van der Waals surface area contributed by atoms with E-state index in [9.17, 15) is 96.4 Å². The van der Waals surface area contributed by atoms with Crippen LogP contribution in [-0.2, 0) is 42.7 Å². The number of hydrogen-bond donors (Lipinski definition) is 18. The average molecular weight is 1330 g/mol. The molecule has 5 saturated heterocycles. The largest absolute Gasteiger partial charge is 0.462 e. The lowest BCUT2D eigenvalue weighted by Crippen LogP contribution is -2.70. The maximum Gasteiger partial charge on any atom is 0.308 e. The zero-order valence-corrected chi connectivity index (χ0v) is 53.4. The SMILES string of the molecule is CC1[C@H](C)OC(=O)C[C@H](O)C[C@H](O)CC[C@@H](O)[C@H](O)C[C@H](O)C[C@]2(O)C[C@H](O)C(C(=O)N3CCN(C)CC3)C(C[C@@H](O[C@@H]3O[C@H](C)[C@@H](O)[C@H](NC[C@@]4(O)OC[C@@H](O)[C@@H](O[C@@H]5O[C@H](CO)[C@H](O)[C@H](O)[C@H]5O)[C@@H]4O)[C@@H]3O)C=CC=CC=CC=CC=CC=CC=C[C@H](C)[C@H]1O)O2. The number of hydrogen-bond acceptors (Lipinski definition) is 28. The van der Waals surface area contributed by atoms with Crippen LogP contribution in [0.25, 0.3) is 0 Å². The smallest absolute Gasteiger partial charge is 0.308 e. The van der Waals surface area contributed by atoms with E-state index in [-0.39, 0.29) is 44.7 Å². The lowest BCUT2D eigenvalue weighted by atomic mass is 9.81. The molecule has 6 rings (SSSR count). The fourth-order valence-corrected chi connectivity index (χ4v) is 12.2. The minimum absolute atomic E-state index is 0.148. The summed E-state index contributed by atoms with van der Waals surface area (Å²) >= 11 is 0. The number of nitrogens with one attached hydrogen (secondary N) is 1. The molecular weight excluding hydrogens is 1230 g/mol. The molecule has 0 aromatic heterocycles. The summed E-state index contributed by atoms with van der Waals surface area (Å²) in [6.07, 6.45) is -13.2. The van der Waals surface area contributed by atoms with Gasteiger partial charge >= 0.3 is 5.97 Å². The van der Waals surface area contributed by atoms with E-state index in [2.05, 4.69) is 5.32 Å². The Bertz CT molecular complexity index is 2500. The van der Waals surface area contributed by atoms with Gasteiger partial charge in [-0.15, -0.1) is 0 Å². The number of allylic oxidation sites excluding steroid dienone is 12. The highest BCUT2D eigenvalue weighted by atomic mass is 16.7. The summed E-state index contributed by atoms with van der Waals surface area (Å²) in [5.74, 6) is -8.52. The Balaban J connectivity index is 1.26. The fourth-order valence-electron chi connectivity index (χ4n) is 12.2. The van der Waals surface area contributed by atoms with Crippen LogP contribution in [0.3, 0.4) is 0 Å². The molecule has 0 spiro atoms. The van der Waals surface area contributed by atoms with Gasteiger partial charge in [0.05, 0.1) is 105 Å². The van der Waals surface area contributed by atoms with Crippen LogP contribution >= 0.6 is 0 Å². The number of piperazine rings is 1. The van der Waals surface area contributed by atoms with Crippen LogP contribution in [-0.4, -0.2) is 314 Å². The van der Waals surface area contributed by atoms with Gasteiger partial charge in [0, 0.05) is 63.7 Å². The summed E-state index contributed by atoms with van der Waals surface area (Å²) in [7, 11) is 1.89. The van der Waals surface area contributed by atoms with Crippen LogP contribution in [0.2, 0.25) is 0 Å². The third-order valence-corrected chi connectivity index (χ3v) is 18.2. The zero-order chi connectivity index (χ0) is 68.5. The van der Waals surface area contributed by atoms with Gasteiger partial charge in [-0.25, -0.2) is 0 Å². The van der Waals surface area contributed by atoms with Crippen LogP contribution in [0, 0.1) is 17.8 Å². The summed E-state index contributed by atoms with van der Waals surface area (Å²) in [4.78, 5) is 31.0. The molecule has 0 saturated carbocycles. The number of carbonyl (C=O) groups excluding carboxylic acids is 2. The molecule has 3 unspecified atom stereocenters. The number of fused-ring (bicyclic) bond motifs is 2. The highest BCUT2D eigenvalue weighted by molar-refractivity contribution is 5.80. The Morgan fingerprint density at radius 2 is 1.22 bits per heavy atom. The summed E-state index contributed by atoms with van der Waals surface area (Å²) in [5, 5.41) is 191. The lowest BCUT2D eigenvalue weighted by Gasteiger charge is -2.48. The number of amides is 1. The van der Waals surface area contributed by atoms with Gasteiger partial charge in [-0.05, 0) is 40.2 Å². The van der Waals surface area contributed by atoms with Crippen LogP contribution in [0.4, 0.5) is 0 Å². The van der Waals surface area contributed by atoms with E-state index in [0.717, 1.165) is 0 Å². The predicted octanol–water partition coefficient (Wildman–Crippen LogP) is -4.34. The minimum atomic E-state index is -2.67. The molecule has 1 amide bonds. The van der Waals surface area contributed by atoms with Crippen molar-refractivity contribution in [3.05, 3.63) is 85.1 Å². The predicted molar refractivity (Wildman–Crippen MR) is 329 cm³/mol. The third-order valence-electron chi connectivity index (χ3n) is 18.2. The summed E-state index contributed by atoms with van der Waals surface area (Å²) in [6, 6.07) is -1.46. The molecule has 530 valence electrons. The summed E-state index contributed by atoms with van der Waals surface area (Å²) < 4.78 is 40.9. The van der Waals surface area contributed by atoms with E-state index in [1.165, 1.54) is 13.0 Å². The standard InChI is InChI=1S/C64H103N3O26/c1-35-18-16-14-12-10-8-6-7-9-11-13-15-17-19-42(90-61-55(80)51(53(78)38(4)89-61)65-34-64(86)59(83)58(46(75)33-87-64)92-62-57(82)56(81)54(79)48(32-68)91-62)29-47-50(60(84)67-24-22-66(5)23-25-67)45(74)31-63(85,93-47)30-41(71)27-44(73)43(72)21-20-39(69)26-40(70)28-49(76)88-37(3)36(2)52(35)77/h6-19,35-48,50-59,61-62,65,68-75,77-83,85-86H,20-34H2,1-5H3/t35-,36?,37-,38+,39+,40+,41-,42-,43+,44+,45-,46+,47?,48+,50?,51-,52+,53+,54-,55-,56-,57+,58+,59-,61-,62-,63+,64+/m0/s1. The first kappa shape index (κ1) is 78.1. The van der Waals surface area contributed by atoms with Crippen molar-refractivity contribution in [3.8, 4) is 0 Å². The van der Waals surface area contributed by atoms with Crippen molar-refractivity contribution in [2.45, 2.75) is 231 Å².